The minimum Gasteiger partial charge on any atom is -0.497 e. The van der Waals surface area contributed by atoms with Crippen LogP contribution >= 0.6 is 0 Å². The molecular formula is C32H40N2O3. The Morgan fingerprint density at radius 3 is 2.32 bits per heavy atom. The third-order valence-corrected chi connectivity index (χ3v) is 9.60. The lowest BCUT2D eigenvalue weighted by molar-refractivity contribution is -0.0803. The molecule has 4 fully saturated rings. The maximum absolute atomic E-state index is 12.5. The normalized spacial score (nSPS) is 29.5. The van der Waals surface area contributed by atoms with Gasteiger partial charge >= 0.3 is 6.09 Å². The summed E-state index contributed by atoms with van der Waals surface area (Å²) in [5, 5.41) is 10.3. The van der Waals surface area contributed by atoms with Gasteiger partial charge in [0.05, 0.1) is 18.9 Å². The number of rotatable bonds is 8. The molecule has 37 heavy (non-hydrogen) atoms. The predicted octanol–water partition coefficient (Wildman–Crippen LogP) is 7.10. The molecule has 1 heterocycles. The minimum atomic E-state index is -0.760. The van der Waals surface area contributed by atoms with Crippen LogP contribution in [0, 0.1) is 17.8 Å². The molecule has 0 radical (unpaired) electrons. The number of carbonyl (C=O) groups is 1. The second-order valence-electron chi connectivity index (χ2n) is 12.2. The van der Waals surface area contributed by atoms with E-state index in [1.54, 1.807) is 7.11 Å². The van der Waals surface area contributed by atoms with Crippen LogP contribution < -0.4 is 4.74 Å². The van der Waals surface area contributed by atoms with Gasteiger partial charge in [-0.3, -0.25) is 9.89 Å². The molecule has 2 aromatic rings. The minimum absolute atomic E-state index is 0.156. The van der Waals surface area contributed by atoms with Crippen LogP contribution in [-0.2, 0) is 13.0 Å². The van der Waals surface area contributed by atoms with Crippen molar-refractivity contribution in [2.75, 3.05) is 7.11 Å². The zero-order chi connectivity index (χ0) is 25.6. The van der Waals surface area contributed by atoms with Crippen LogP contribution in [0.3, 0.4) is 0 Å². The van der Waals surface area contributed by atoms with Crippen LogP contribution in [-0.4, -0.2) is 40.5 Å². The first-order valence-corrected chi connectivity index (χ1v) is 14.3. The van der Waals surface area contributed by atoms with E-state index in [1.165, 1.54) is 43.2 Å². The van der Waals surface area contributed by atoms with Crippen LogP contribution in [0.25, 0.3) is 0 Å². The van der Waals surface area contributed by atoms with Crippen molar-refractivity contribution in [3.8, 4) is 5.75 Å². The van der Waals surface area contributed by atoms with Crippen LogP contribution in [0.1, 0.15) is 87.0 Å². The van der Waals surface area contributed by atoms with Gasteiger partial charge in [0.2, 0.25) is 0 Å². The number of ether oxygens (including phenoxy) is 1. The van der Waals surface area contributed by atoms with Crippen LogP contribution in [0.15, 0.2) is 47.5 Å². The molecule has 196 valence electrons. The Morgan fingerprint density at radius 2 is 1.73 bits per heavy atom. The summed E-state index contributed by atoms with van der Waals surface area (Å²) in [5.41, 5.74) is 5.55. The van der Waals surface area contributed by atoms with Gasteiger partial charge in [-0.15, -0.1) is 0 Å². The molecule has 1 atom stereocenters. The van der Waals surface area contributed by atoms with Crippen molar-refractivity contribution in [3.63, 3.8) is 0 Å². The molecule has 2 aromatic carbocycles. The van der Waals surface area contributed by atoms with Gasteiger partial charge in [0.1, 0.15) is 5.75 Å². The van der Waals surface area contributed by atoms with Crippen molar-refractivity contribution in [1.82, 2.24) is 4.90 Å². The second kappa shape index (κ2) is 9.81. The molecule has 0 unspecified atom stereocenters. The lowest BCUT2D eigenvalue weighted by Gasteiger charge is -2.59. The highest BCUT2D eigenvalue weighted by molar-refractivity contribution is 6.14. The number of benzene rings is 2. The first-order chi connectivity index (χ1) is 18.0. The van der Waals surface area contributed by atoms with Gasteiger partial charge in [-0.2, -0.15) is 0 Å². The highest BCUT2D eigenvalue weighted by Crippen LogP contribution is 2.58. The average Bonchev–Trinajstić information content (AvgIpc) is 2.89. The molecule has 0 spiro atoms. The number of hydrogen-bond acceptors (Lipinski definition) is 3. The van der Waals surface area contributed by atoms with Gasteiger partial charge in [0, 0.05) is 23.2 Å². The summed E-state index contributed by atoms with van der Waals surface area (Å²) in [5.74, 6) is 3.06. The molecule has 0 aromatic heterocycles. The molecule has 0 saturated heterocycles. The summed E-state index contributed by atoms with van der Waals surface area (Å²) in [4.78, 5) is 19.6. The average molecular weight is 501 g/mol. The lowest BCUT2D eigenvalue weighted by Crippen LogP contribution is -2.61. The SMILES string of the molecule is CCCC[C@H]1Cc2cc(OC)ccc2C(c2ccc(CN(C(=O)O)C34CC5CC(CC(C5)C3)C4)cc2)=N1. The Bertz CT molecular complexity index is 1150. The molecule has 7 rings (SSSR count). The van der Waals surface area contributed by atoms with E-state index in [1.807, 2.05) is 11.0 Å². The third kappa shape index (κ3) is 4.66. The zero-order valence-electron chi connectivity index (χ0n) is 22.3. The van der Waals surface area contributed by atoms with Crippen molar-refractivity contribution in [1.29, 1.82) is 0 Å². The Hall–Kier alpha value is -2.82. The van der Waals surface area contributed by atoms with Crippen molar-refractivity contribution in [3.05, 3.63) is 64.7 Å². The van der Waals surface area contributed by atoms with E-state index in [9.17, 15) is 9.90 Å². The van der Waals surface area contributed by atoms with Gasteiger partial charge in [0.25, 0.3) is 0 Å². The summed E-state index contributed by atoms with van der Waals surface area (Å²) in [7, 11) is 1.72. The summed E-state index contributed by atoms with van der Waals surface area (Å²) in [6, 6.07) is 15.1. The predicted molar refractivity (Wildman–Crippen MR) is 147 cm³/mol. The van der Waals surface area contributed by atoms with E-state index >= 15 is 0 Å². The van der Waals surface area contributed by atoms with E-state index in [-0.39, 0.29) is 11.6 Å². The summed E-state index contributed by atoms with van der Waals surface area (Å²) in [6.07, 6.45) is 10.7. The van der Waals surface area contributed by atoms with Gasteiger partial charge < -0.3 is 9.84 Å². The molecule has 5 aliphatic rings. The molecule has 1 aliphatic heterocycles. The van der Waals surface area contributed by atoms with Crippen LogP contribution in [0.5, 0.6) is 5.75 Å². The molecular weight excluding hydrogens is 460 g/mol. The van der Waals surface area contributed by atoms with Crippen molar-refractivity contribution >= 4 is 11.8 Å². The highest BCUT2D eigenvalue weighted by atomic mass is 16.5. The van der Waals surface area contributed by atoms with Crippen molar-refractivity contribution < 1.29 is 14.6 Å². The van der Waals surface area contributed by atoms with E-state index in [4.69, 9.17) is 9.73 Å². The summed E-state index contributed by atoms with van der Waals surface area (Å²) < 4.78 is 5.50. The number of nitrogens with zero attached hydrogens (tertiary/aromatic N) is 2. The highest BCUT2D eigenvalue weighted by Gasteiger charge is 2.54. The number of fused-ring (bicyclic) bond motifs is 1. The first-order valence-electron chi connectivity index (χ1n) is 14.3. The molecule has 1 N–H and O–H groups in total. The maximum Gasteiger partial charge on any atom is 0.408 e. The first kappa shape index (κ1) is 24.5. The Labute approximate surface area is 220 Å². The number of methoxy groups -OCH3 is 1. The van der Waals surface area contributed by atoms with Crippen molar-refractivity contribution in [2.45, 2.75) is 89.3 Å². The molecule has 4 bridgehead atoms. The number of hydrogen-bond donors (Lipinski definition) is 1. The van der Waals surface area contributed by atoms with E-state index < -0.39 is 6.09 Å². The quantitative estimate of drug-likeness (QED) is 0.421. The van der Waals surface area contributed by atoms with Gasteiger partial charge in [-0.05, 0) is 98.4 Å². The zero-order valence-corrected chi connectivity index (χ0v) is 22.3. The Morgan fingerprint density at radius 1 is 1.05 bits per heavy atom. The molecule has 1 amide bonds. The maximum atomic E-state index is 12.5. The fourth-order valence-electron chi connectivity index (χ4n) is 8.27. The number of carboxylic acid groups (broad SMARTS) is 1. The smallest absolute Gasteiger partial charge is 0.408 e. The topological polar surface area (TPSA) is 62.1 Å². The standard InChI is InChI=1S/C32H40N2O3/c1-3-4-5-27-15-26-16-28(37-2)10-11-29(26)30(33-27)25-8-6-21(7-9-25)20-34(31(35)36)32-17-22-12-23(18-32)14-24(13-22)19-32/h6-11,16,22-24,27H,3-5,12-15,17-20H2,1-2H3,(H,35,36)/t22?,23?,24?,27-,32?/m0/s1. The summed E-state index contributed by atoms with van der Waals surface area (Å²) in [6.45, 7) is 2.70. The monoisotopic (exact) mass is 500 g/mol. The number of amides is 1. The Balaban J connectivity index is 1.26. The summed E-state index contributed by atoms with van der Waals surface area (Å²) >= 11 is 0. The third-order valence-electron chi connectivity index (χ3n) is 9.60. The molecule has 5 heteroatoms. The second-order valence-corrected chi connectivity index (χ2v) is 12.2. The lowest BCUT2D eigenvalue weighted by atomic mass is 9.52. The van der Waals surface area contributed by atoms with Gasteiger partial charge in [-0.25, -0.2) is 4.79 Å². The largest absolute Gasteiger partial charge is 0.497 e. The van der Waals surface area contributed by atoms with Gasteiger partial charge in [-0.1, -0.05) is 44.0 Å². The van der Waals surface area contributed by atoms with E-state index in [0.717, 1.165) is 72.4 Å². The van der Waals surface area contributed by atoms with E-state index in [2.05, 4.69) is 43.3 Å². The van der Waals surface area contributed by atoms with Crippen LogP contribution in [0.2, 0.25) is 0 Å². The van der Waals surface area contributed by atoms with Crippen LogP contribution in [0.4, 0.5) is 4.79 Å². The molecule has 5 nitrogen and oxygen atoms in total. The fourth-order valence-corrected chi connectivity index (χ4v) is 8.27. The number of unbranched alkanes of at least 4 members (excludes halogenated alkanes) is 1. The number of aliphatic imine (C=N–C) groups is 1. The molecule has 4 saturated carbocycles. The molecule has 4 aliphatic carbocycles. The Kier molecular flexibility index (Phi) is 6.50. The van der Waals surface area contributed by atoms with E-state index in [0.29, 0.717) is 6.54 Å². The van der Waals surface area contributed by atoms with Crippen molar-refractivity contribution in [2.24, 2.45) is 22.7 Å². The fraction of sp³-hybridized carbons (Fsp3) is 0.562. The van der Waals surface area contributed by atoms with Gasteiger partial charge in [0.15, 0.2) is 0 Å².